The number of aromatic amines is 1. The SMILES string of the molecule is O=C(CSc1n[nH]c(=O)n1C[C@@H]1CCCO1)NC(=O)NC1CC1. The molecular formula is C13H19N5O4S. The van der Waals surface area contributed by atoms with Gasteiger partial charge >= 0.3 is 11.7 Å². The summed E-state index contributed by atoms with van der Waals surface area (Å²) < 4.78 is 6.98. The zero-order valence-corrected chi connectivity index (χ0v) is 13.4. The number of nitrogens with one attached hydrogen (secondary N) is 3. The second-order valence-electron chi connectivity index (χ2n) is 5.64. The van der Waals surface area contributed by atoms with E-state index in [0.29, 0.717) is 18.3 Å². The van der Waals surface area contributed by atoms with Gasteiger partial charge in [0.2, 0.25) is 5.91 Å². The van der Waals surface area contributed by atoms with Crippen LogP contribution >= 0.6 is 11.8 Å². The van der Waals surface area contributed by atoms with Crippen LogP contribution in [0.1, 0.15) is 25.7 Å². The van der Waals surface area contributed by atoms with Crippen LogP contribution in [0.3, 0.4) is 0 Å². The van der Waals surface area contributed by atoms with Crippen LogP contribution < -0.4 is 16.3 Å². The Morgan fingerprint density at radius 2 is 2.22 bits per heavy atom. The van der Waals surface area contributed by atoms with E-state index in [9.17, 15) is 14.4 Å². The smallest absolute Gasteiger partial charge is 0.344 e. The lowest BCUT2D eigenvalue weighted by Gasteiger charge is -2.11. The summed E-state index contributed by atoms with van der Waals surface area (Å²) in [6.45, 7) is 1.12. The lowest BCUT2D eigenvalue weighted by molar-refractivity contribution is -0.117. The average Bonchev–Trinajstić information content (AvgIpc) is 3.04. The number of H-pyrrole nitrogens is 1. The molecule has 1 aromatic heterocycles. The van der Waals surface area contributed by atoms with Crippen molar-refractivity contribution in [2.45, 2.75) is 49.5 Å². The Hall–Kier alpha value is -1.81. The van der Waals surface area contributed by atoms with Crippen LogP contribution in [-0.2, 0) is 16.1 Å². The third kappa shape index (κ3) is 4.58. The minimum Gasteiger partial charge on any atom is -0.376 e. The van der Waals surface area contributed by atoms with E-state index < -0.39 is 11.9 Å². The molecule has 1 saturated heterocycles. The first-order valence-corrected chi connectivity index (χ1v) is 8.60. The maximum atomic E-state index is 11.8. The second-order valence-corrected chi connectivity index (χ2v) is 6.58. The molecule has 23 heavy (non-hydrogen) atoms. The molecule has 2 aliphatic rings. The van der Waals surface area contributed by atoms with Gasteiger partial charge in [-0.05, 0) is 25.7 Å². The molecular weight excluding hydrogens is 322 g/mol. The van der Waals surface area contributed by atoms with Gasteiger partial charge in [-0.1, -0.05) is 11.8 Å². The Kier molecular flexibility index (Phi) is 5.01. The van der Waals surface area contributed by atoms with Gasteiger partial charge in [0.15, 0.2) is 5.16 Å². The van der Waals surface area contributed by atoms with Gasteiger partial charge in [0.05, 0.1) is 18.4 Å². The molecule has 1 atom stereocenters. The van der Waals surface area contributed by atoms with Crippen LogP contribution in [0.4, 0.5) is 4.79 Å². The number of nitrogens with zero attached hydrogens (tertiary/aromatic N) is 2. The van der Waals surface area contributed by atoms with Crippen molar-refractivity contribution < 1.29 is 14.3 Å². The van der Waals surface area contributed by atoms with E-state index in [4.69, 9.17) is 4.74 Å². The van der Waals surface area contributed by atoms with Crippen molar-refractivity contribution in [1.82, 2.24) is 25.4 Å². The highest BCUT2D eigenvalue weighted by molar-refractivity contribution is 7.99. The lowest BCUT2D eigenvalue weighted by atomic mass is 10.2. The molecule has 0 unspecified atom stereocenters. The van der Waals surface area contributed by atoms with Crippen molar-refractivity contribution >= 4 is 23.7 Å². The largest absolute Gasteiger partial charge is 0.376 e. The number of aromatic nitrogens is 3. The van der Waals surface area contributed by atoms with E-state index in [1.807, 2.05) is 0 Å². The first-order chi connectivity index (χ1) is 11.1. The van der Waals surface area contributed by atoms with E-state index in [-0.39, 0.29) is 23.6 Å². The standard InChI is InChI=1S/C13H19N5O4S/c19-10(15-11(20)14-8-3-4-8)7-23-13-17-16-12(21)18(13)6-9-2-1-5-22-9/h8-9H,1-7H2,(H,16,21)(H2,14,15,19,20)/t9-/m0/s1. The molecule has 126 valence electrons. The van der Waals surface area contributed by atoms with Crippen LogP contribution in [0.15, 0.2) is 9.95 Å². The maximum Gasteiger partial charge on any atom is 0.344 e. The predicted molar refractivity (Wildman–Crippen MR) is 82.2 cm³/mol. The van der Waals surface area contributed by atoms with Gasteiger partial charge in [-0.25, -0.2) is 14.7 Å². The van der Waals surface area contributed by atoms with E-state index in [1.54, 1.807) is 0 Å². The van der Waals surface area contributed by atoms with E-state index in [2.05, 4.69) is 20.8 Å². The third-order valence-corrected chi connectivity index (χ3v) is 4.61. The van der Waals surface area contributed by atoms with Crippen molar-refractivity contribution in [3.63, 3.8) is 0 Å². The van der Waals surface area contributed by atoms with Gasteiger partial charge in [0.25, 0.3) is 0 Å². The Morgan fingerprint density at radius 1 is 1.39 bits per heavy atom. The molecule has 2 heterocycles. The number of hydrogen-bond acceptors (Lipinski definition) is 6. The van der Waals surface area contributed by atoms with Gasteiger partial charge in [0.1, 0.15) is 0 Å². The number of rotatable bonds is 6. The molecule has 0 radical (unpaired) electrons. The molecule has 3 rings (SSSR count). The molecule has 0 bridgehead atoms. The third-order valence-electron chi connectivity index (χ3n) is 3.63. The number of thioether (sulfide) groups is 1. The zero-order chi connectivity index (χ0) is 16.2. The van der Waals surface area contributed by atoms with Crippen molar-refractivity contribution in [1.29, 1.82) is 0 Å². The Bertz CT molecular complexity index is 633. The molecule has 1 aromatic rings. The summed E-state index contributed by atoms with van der Waals surface area (Å²) >= 11 is 1.11. The van der Waals surface area contributed by atoms with Crippen molar-refractivity contribution in [2.24, 2.45) is 0 Å². The number of hydrogen-bond donors (Lipinski definition) is 3. The van der Waals surface area contributed by atoms with Crippen LogP contribution in [0.5, 0.6) is 0 Å². The molecule has 1 aliphatic heterocycles. The van der Waals surface area contributed by atoms with Crippen molar-refractivity contribution in [2.75, 3.05) is 12.4 Å². The Balaban J connectivity index is 1.50. The first kappa shape index (κ1) is 16.1. The summed E-state index contributed by atoms with van der Waals surface area (Å²) in [4.78, 5) is 35.0. The molecule has 1 saturated carbocycles. The van der Waals surface area contributed by atoms with Gasteiger partial charge < -0.3 is 10.1 Å². The maximum absolute atomic E-state index is 11.8. The van der Waals surface area contributed by atoms with Crippen LogP contribution in [0, 0.1) is 0 Å². The number of amides is 3. The number of urea groups is 1. The predicted octanol–water partition coefficient (Wildman–Crippen LogP) is -0.169. The van der Waals surface area contributed by atoms with Crippen molar-refractivity contribution in [3.05, 3.63) is 10.5 Å². The number of imide groups is 1. The fourth-order valence-electron chi connectivity index (χ4n) is 2.31. The minimum absolute atomic E-state index is 0.00259. The van der Waals surface area contributed by atoms with Gasteiger partial charge in [-0.2, -0.15) is 0 Å². The number of ether oxygens (including phenoxy) is 1. The molecule has 9 nitrogen and oxygen atoms in total. The number of carbonyl (C=O) groups is 2. The van der Waals surface area contributed by atoms with Gasteiger partial charge in [-0.15, -0.1) is 5.10 Å². The lowest BCUT2D eigenvalue weighted by Crippen LogP contribution is -2.41. The number of carbonyl (C=O) groups excluding carboxylic acids is 2. The molecule has 1 aliphatic carbocycles. The van der Waals surface area contributed by atoms with Gasteiger partial charge in [0, 0.05) is 12.6 Å². The van der Waals surface area contributed by atoms with E-state index in [1.165, 1.54) is 4.57 Å². The fraction of sp³-hybridized carbons (Fsp3) is 0.692. The normalized spacial score (nSPS) is 20.4. The van der Waals surface area contributed by atoms with E-state index >= 15 is 0 Å². The summed E-state index contributed by atoms with van der Waals surface area (Å²) in [6, 6.07) is -0.282. The molecule has 3 amide bonds. The minimum atomic E-state index is -0.475. The van der Waals surface area contributed by atoms with Crippen LogP contribution in [0.2, 0.25) is 0 Å². The topological polar surface area (TPSA) is 118 Å². The fourth-order valence-corrected chi connectivity index (χ4v) is 3.06. The average molecular weight is 341 g/mol. The summed E-state index contributed by atoms with van der Waals surface area (Å²) in [5.74, 6) is -0.416. The van der Waals surface area contributed by atoms with E-state index in [0.717, 1.165) is 37.4 Å². The molecule has 2 fully saturated rings. The molecule has 10 heteroatoms. The monoisotopic (exact) mass is 341 g/mol. The van der Waals surface area contributed by atoms with Gasteiger partial charge in [-0.3, -0.25) is 14.7 Å². The summed E-state index contributed by atoms with van der Waals surface area (Å²) in [5.41, 5.74) is -0.324. The zero-order valence-electron chi connectivity index (χ0n) is 12.5. The Labute approximate surface area is 136 Å². The second kappa shape index (κ2) is 7.18. The highest BCUT2D eigenvalue weighted by Gasteiger charge is 2.24. The molecule has 3 N–H and O–H groups in total. The summed E-state index contributed by atoms with van der Waals surface area (Å²) in [5, 5.41) is 11.7. The van der Waals surface area contributed by atoms with Crippen molar-refractivity contribution in [3.8, 4) is 0 Å². The Morgan fingerprint density at radius 3 is 2.91 bits per heavy atom. The summed E-state index contributed by atoms with van der Waals surface area (Å²) in [7, 11) is 0. The first-order valence-electron chi connectivity index (χ1n) is 7.62. The quantitative estimate of drug-likeness (QED) is 0.618. The highest BCUT2D eigenvalue weighted by Crippen LogP contribution is 2.19. The molecule has 0 aromatic carbocycles. The van der Waals surface area contributed by atoms with Crippen LogP contribution in [-0.4, -0.2) is 51.2 Å². The summed E-state index contributed by atoms with van der Waals surface area (Å²) in [6.07, 6.45) is 3.81. The molecule has 0 spiro atoms. The highest BCUT2D eigenvalue weighted by atomic mass is 32.2. The van der Waals surface area contributed by atoms with Crippen LogP contribution in [0.25, 0.3) is 0 Å².